The van der Waals surface area contributed by atoms with Crippen molar-refractivity contribution in [1.82, 2.24) is 10.6 Å². The van der Waals surface area contributed by atoms with Gasteiger partial charge in [0.2, 0.25) is 0 Å². The summed E-state index contributed by atoms with van der Waals surface area (Å²) in [6.07, 6.45) is 0. The number of hydrogen-bond acceptors (Lipinski definition) is 3. The van der Waals surface area contributed by atoms with E-state index in [-0.39, 0.29) is 18.4 Å². The number of carbonyl (C=O) groups is 2. The summed E-state index contributed by atoms with van der Waals surface area (Å²) in [5.41, 5.74) is 1.43. The Morgan fingerprint density at radius 1 is 1.13 bits per heavy atom. The first-order valence-electron chi connectivity index (χ1n) is 7.04. The van der Waals surface area contributed by atoms with E-state index in [1.807, 2.05) is 12.1 Å². The van der Waals surface area contributed by atoms with Gasteiger partial charge in [0.15, 0.2) is 6.61 Å². The van der Waals surface area contributed by atoms with Crippen LogP contribution in [0.2, 0.25) is 5.02 Å². The summed E-state index contributed by atoms with van der Waals surface area (Å²) in [7, 11) is 1.56. The molecule has 0 radical (unpaired) electrons. The minimum atomic E-state index is -0.245. The van der Waals surface area contributed by atoms with Gasteiger partial charge >= 0.3 is 0 Å². The lowest BCUT2D eigenvalue weighted by Crippen LogP contribution is -2.28. The Balaban J connectivity index is 1.82. The van der Waals surface area contributed by atoms with Gasteiger partial charge in [-0.25, -0.2) is 0 Å². The second-order valence-electron chi connectivity index (χ2n) is 4.80. The summed E-state index contributed by atoms with van der Waals surface area (Å²) in [6.45, 7) is 0.280. The van der Waals surface area contributed by atoms with Crippen LogP contribution in [0, 0.1) is 0 Å². The van der Waals surface area contributed by atoms with E-state index in [4.69, 9.17) is 16.3 Å². The van der Waals surface area contributed by atoms with Gasteiger partial charge in [0.25, 0.3) is 11.8 Å². The number of hydrogen-bond donors (Lipinski definition) is 2. The van der Waals surface area contributed by atoms with Crippen LogP contribution in [0.25, 0.3) is 0 Å². The Morgan fingerprint density at radius 2 is 1.87 bits per heavy atom. The number of benzene rings is 2. The predicted molar refractivity (Wildman–Crippen MR) is 88.6 cm³/mol. The third-order valence-corrected chi connectivity index (χ3v) is 3.35. The van der Waals surface area contributed by atoms with E-state index in [0.29, 0.717) is 22.9 Å². The normalized spacial score (nSPS) is 10.0. The predicted octanol–water partition coefficient (Wildman–Crippen LogP) is 2.39. The molecular formula is C17H17ClN2O3. The molecule has 0 atom stereocenters. The fraction of sp³-hybridized carbons (Fsp3) is 0.176. The molecule has 0 aliphatic carbocycles. The fourth-order valence-corrected chi connectivity index (χ4v) is 2.00. The van der Waals surface area contributed by atoms with E-state index in [1.165, 1.54) is 0 Å². The second-order valence-corrected chi connectivity index (χ2v) is 5.24. The lowest BCUT2D eigenvalue weighted by atomic mass is 10.2. The molecule has 6 heteroatoms. The van der Waals surface area contributed by atoms with Crippen molar-refractivity contribution in [2.75, 3.05) is 13.7 Å². The van der Waals surface area contributed by atoms with Crippen molar-refractivity contribution in [1.29, 1.82) is 0 Å². The van der Waals surface area contributed by atoms with Crippen molar-refractivity contribution >= 4 is 23.4 Å². The first kappa shape index (κ1) is 16.8. The molecule has 0 fully saturated rings. The second kappa shape index (κ2) is 8.19. The molecule has 0 aliphatic rings. The van der Waals surface area contributed by atoms with Crippen LogP contribution in [0.5, 0.6) is 5.75 Å². The van der Waals surface area contributed by atoms with Crippen LogP contribution in [0.15, 0.2) is 48.5 Å². The zero-order chi connectivity index (χ0) is 16.7. The highest BCUT2D eigenvalue weighted by atomic mass is 35.5. The summed E-state index contributed by atoms with van der Waals surface area (Å²) in [6, 6.07) is 13.9. The van der Waals surface area contributed by atoms with Crippen molar-refractivity contribution in [2.45, 2.75) is 6.54 Å². The van der Waals surface area contributed by atoms with Crippen LogP contribution < -0.4 is 15.4 Å². The number of carbonyl (C=O) groups excluding carboxylic acids is 2. The van der Waals surface area contributed by atoms with E-state index in [1.54, 1.807) is 43.4 Å². The molecule has 0 aliphatic heterocycles. The Labute approximate surface area is 139 Å². The minimum absolute atomic E-state index is 0.120. The molecule has 0 heterocycles. The number of rotatable bonds is 6. The molecular weight excluding hydrogens is 316 g/mol. The Kier molecular flexibility index (Phi) is 6.00. The molecule has 120 valence electrons. The highest BCUT2D eigenvalue weighted by Gasteiger charge is 2.06. The fourth-order valence-electron chi connectivity index (χ4n) is 1.87. The molecule has 5 nitrogen and oxygen atoms in total. The van der Waals surface area contributed by atoms with Crippen molar-refractivity contribution < 1.29 is 14.3 Å². The highest BCUT2D eigenvalue weighted by Crippen LogP contribution is 2.13. The number of halogens is 1. The van der Waals surface area contributed by atoms with Crippen LogP contribution in [0.1, 0.15) is 15.9 Å². The summed E-state index contributed by atoms with van der Waals surface area (Å²) < 4.78 is 5.40. The van der Waals surface area contributed by atoms with E-state index in [2.05, 4.69) is 10.6 Å². The molecule has 0 bridgehead atoms. The maximum absolute atomic E-state index is 11.8. The van der Waals surface area contributed by atoms with E-state index in [0.717, 1.165) is 5.56 Å². The zero-order valence-corrected chi connectivity index (χ0v) is 13.4. The molecule has 2 rings (SSSR count). The summed E-state index contributed by atoms with van der Waals surface area (Å²) >= 11 is 5.80. The lowest BCUT2D eigenvalue weighted by Gasteiger charge is -2.09. The SMILES string of the molecule is CNC(=O)c1cccc(OCC(=O)NCc2ccc(Cl)cc2)c1. The van der Waals surface area contributed by atoms with Crippen molar-refractivity contribution in [3.63, 3.8) is 0 Å². The van der Waals surface area contributed by atoms with Crippen LogP contribution in [0.4, 0.5) is 0 Å². The van der Waals surface area contributed by atoms with Crippen LogP contribution in [0.3, 0.4) is 0 Å². The lowest BCUT2D eigenvalue weighted by molar-refractivity contribution is -0.123. The molecule has 2 amide bonds. The average molecular weight is 333 g/mol. The van der Waals surface area contributed by atoms with Gasteiger partial charge in [-0.05, 0) is 35.9 Å². The molecule has 0 saturated carbocycles. The van der Waals surface area contributed by atoms with E-state index < -0.39 is 0 Å². The quantitative estimate of drug-likeness (QED) is 0.853. The molecule has 0 unspecified atom stereocenters. The molecule has 2 aromatic carbocycles. The first-order valence-corrected chi connectivity index (χ1v) is 7.42. The van der Waals surface area contributed by atoms with Gasteiger partial charge in [-0.15, -0.1) is 0 Å². The number of ether oxygens (including phenoxy) is 1. The van der Waals surface area contributed by atoms with Gasteiger partial charge in [-0.2, -0.15) is 0 Å². The van der Waals surface area contributed by atoms with Gasteiger partial charge in [-0.3, -0.25) is 9.59 Å². The number of amides is 2. The molecule has 0 saturated heterocycles. The largest absolute Gasteiger partial charge is 0.484 e. The topological polar surface area (TPSA) is 67.4 Å². The molecule has 0 spiro atoms. The van der Waals surface area contributed by atoms with Gasteiger partial charge in [0.1, 0.15) is 5.75 Å². The monoisotopic (exact) mass is 332 g/mol. The standard InChI is InChI=1S/C17H17ClN2O3/c1-19-17(22)13-3-2-4-15(9-13)23-11-16(21)20-10-12-5-7-14(18)8-6-12/h2-9H,10-11H2,1H3,(H,19,22)(H,20,21). The Morgan fingerprint density at radius 3 is 2.57 bits per heavy atom. The first-order chi connectivity index (χ1) is 11.1. The maximum Gasteiger partial charge on any atom is 0.258 e. The maximum atomic E-state index is 11.8. The summed E-state index contributed by atoms with van der Waals surface area (Å²) in [4.78, 5) is 23.3. The third kappa shape index (κ3) is 5.30. The van der Waals surface area contributed by atoms with Crippen LogP contribution in [-0.2, 0) is 11.3 Å². The minimum Gasteiger partial charge on any atom is -0.484 e. The summed E-state index contributed by atoms with van der Waals surface area (Å²) in [5, 5.41) is 5.94. The van der Waals surface area contributed by atoms with E-state index in [9.17, 15) is 9.59 Å². The molecule has 23 heavy (non-hydrogen) atoms. The van der Waals surface area contributed by atoms with Gasteiger partial charge in [-0.1, -0.05) is 29.8 Å². The van der Waals surface area contributed by atoms with E-state index >= 15 is 0 Å². The average Bonchev–Trinajstić information content (AvgIpc) is 2.59. The molecule has 2 aromatic rings. The molecule has 0 aromatic heterocycles. The van der Waals surface area contributed by atoms with Gasteiger partial charge in [0.05, 0.1) is 0 Å². The number of nitrogens with one attached hydrogen (secondary N) is 2. The van der Waals surface area contributed by atoms with Gasteiger partial charge < -0.3 is 15.4 Å². The Bertz CT molecular complexity index is 686. The van der Waals surface area contributed by atoms with Crippen LogP contribution >= 0.6 is 11.6 Å². The highest BCUT2D eigenvalue weighted by molar-refractivity contribution is 6.30. The third-order valence-electron chi connectivity index (χ3n) is 3.10. The summed E-state index contributed by atoms with van der Waals surface area (Å²) in [5.74, 6) is 0.0145. The molecule has 2 N–H and O–H groups in total. The van der Waals surface area contributed by atoms with Crippen LogP contribution in [-0.4, -0.2) is 25.5 Å². The van der Waals surface area contributed by atoms with Crippen molar-refractivity contribution in [3.8, 4) is 5.75 Å². The van der Waals surface area contributed by atoms with Gasteiger partial charge in [0, 0.05) is 24.2 Å². The zero-order valence-electron chi connectivity index (χ0n) is 12.6. The Hall–Kier alpha value is -2.53. The van der Waals surface area contributed by atoms with Crippen molar-refractivity contribution in [3.05, 3.63) is 64.7 Å². The smallest absolute Gasteiger partial charge is 0.258 e. The van der Waals surface area contributed by atoms with Crippen molar-refractivity contribution in [2.24, 2.45) is 0 Å².